The molecule has 0 spiro atoms. The van der Waals surface area contributed by atoms with Gasteiger partial charge in [0, 0.05) is 12.7 Å². The van der Waals surface area contributed by atoms with Crippen LogP contribution in [0.4, 0.5) is 0 Å². The Bertz CT molecular complexity index is 525. The van der Waals surface area contributed by atoms with E-state index in [1.165, 1.54) is 6.92 Å². The molecule has 0 aliphatic rings. The van der Waals surface area contributed by atoms with E-state index in [1.807, 2.05) is 18.2 Å². The van der Waals surface area contributed by atoms with Crippen LogP contribution in [0, 0.1) is 11.3 Å². The van der Waals surface area contributed by atoms with Crippen molar-refractivity contribution in [2.45, 2.75) is 25.1 Å². The normalized spacial score (nSPS) is 11.4. The lowest BCUT2D eigenvalue weighted by Crippen LogP contribution is -2.39. The molecule has 1 amide bonds. The maximum absolute atomic E-state index is 10.9. The number of carbonyl (C=O) groups is 2. The molecule has 2 N–H and O–H groups in total. The van der Waals surface area contributed by atoms with Crippen molar-refractivity contribution >= 4 is 23.6 Å². The van der Waals surface area contributed by atoms with E-state index in [2.05, 4.69) is 11.4 Å². The second kappa shape index (κ2) is 8.23. The van der Waals surface area contributed by atoms with Crippen molar-refractivity contribution < 1.29 is 14.7 Å². The van der Waals surface area contributed by atoms with Crippen LogP contribution in [0.15, 0.2) is 24.3 Å². The number of nitriles is 1. The third-order valence-electron chi connectivity index (χ3n) is 2.55. The van der Waals surface area contributed by atoms with Gasteiger partial charge in [-0.2, -0.15) is 17.0 Å². The van der Waals surface area contributed by atoms with E-state index in [0.29, 0.717) is 23.5 Å². The van der Waals surface area contributed by atoms with E-state index in [0.717, 1.165) is 5.56 Å². The van der Waals surface area contributed by atoms with Gasteiger partial charge < -0.3 is 10.4 Å². The number of hydrogen-bond acceptors (Lipinski definition) is 4. The molecule has 0 bridgehead atoms. The van der Waals surface area contributed by atoms with Crippen LogP contribution in [-0.2, 0) is 15.3 Å². The summed E-state index contributed by atoms with van der Waals surface area (Å²) in [5.41, 5.74) is 1.64. The van der Waals surface area contributed by atoms with Crippen molar-refractivity contribution in [3.05, 3.63) is 35.4 Å². The van der Waals surface area contributed by atoms with Crippen molar-refractivity contribution in [3.63, 3.8) is 0 Å². The van der Waals surface area contributed by atoms with Gasteiger partial charge >= 0.3 is 5.97 Å². The molecular formula is C14H16N2O3S. The topological polar surface area (TPSA) is 90.2 Å². The third-order valence-corrected chi connectivity index (χ3v) is 3.61. The lowest BCUT2D eigenvalue weighted by Gasteiger charge is -2.12. The Labute approximate surface area is 122 Å². The molecule has 1 unspecified atom stereocenters. The van der Waals surface area contributed by atoms with Gasteiger partial charge in [0.2, 0.25) is 5.91 Å². The maximum atomic E-state index is 10.9. The Morgan fingerprint density at radius 3 is 2.85 bits per heavy atom. The summed E-state index contributed by atoms with van der Waals surface area (Å²) in [5, 5.41) is 20.1. The Hall–Kier alpha value is -2.00. The average Bonchev–Trinajstić information content (AvgIpc) is 2.41. The molecule has 106 valence electrons. The van der Waals surface area contributed by atoms with Gasteiger partial charge in [0.15, 0.2) is 0 Å². The first-order chi connectivity index (χ1) is 9.52. The number of nitrogens with one attached hydrogen (secondary N) is 1. The number of carboxylic acid groups (broad SMARTS) is 1. The lowest BCUT2D eigenvalue weighted by molar-refractivity contribution is -0.141. The second-order valence-corrected chi connectivity index (χ2v) is 5.35. The van der Waals surface area contributed by atoms with Crippen LogP contribution in [0.25, 0.3) is 0 Å². The smallest absolute Gasteiger partial charge is 0.326 e. The fourth-order valence-electron chi connectivity index (χ4n) is 1.62. The average molecular weight is 292 g/mol. The van der Waals surface area contributed by atoms with Crippen LogP contribution in [0.1, 0.15) is 24.5 Å². The zero-order chi connectivity index (χ0) is 15.0. The number of hydrogen-bond donors (Lipinski definition) is 2. The molecule has 0 radical (unpaired) electrons. The highest BCUT2D eigenvalue weighted by atomic mass is 32.2. The van der Waals surface area contributed by atoms with Gasteiger partial charge in [0.25, 0.3) is 0 Å². The van der Waals surface area contributed by atoms with Crippen LogP contribution >= 0.6 is 11.8 Å². The maximum Gasteiger partial charge on any atom is 0.326 e. The van der Waals surface area contributed by atoms with Gasteiger partial charge in [-0.05, 0) is 29.9 Å². The number of thioether (sulfide) groups is 1. The number of amides is 1. The molecule has 0 heterocycles. The minimum Gasteiger partial charge on any atom is -0.480 e. The minimum atomic E-state index is -1.02. The molecule has 1 aromatic rings. The van der Waals surface area contributed by atoms with E-state index in [4.69, 9.17) is 10.4 Å². The van der Waals surface area contributed by atoms with Crippen molar-refractivity contribution in [1.29, 1.82) is 5.26 Å². The molecule has 1 atom stereocenters. The molecule has 0 aliphatic heterocycles. The van der Waals surface area contributed by atoms with Crippen LogP contribution < -0.4 is 5.32 Å². The SMILES string of the molecule is CC(=O)NC(CCSCc1cccc(C#N)c1)C(=O)O. The van der Waals surface area contributed by atoms with Crippen LogP contribution in [0.2, 0.25) is 0 Å². The molecule has 0 saturated heterocycles. The van der Waals surface area contributed by atoms with Gasteiger partial charge in [-0.1, -0.05) is 12.1 Å². The predicted octanol–water partition coefficient (Wildman–Crippen LogP) is 1.77. The van der Waals surface area contributed by atoms with E-state index in [-0.39, 0.29) is 5.91 Å². The first kappa shape index (κ1) is 16.1. The molecule has 20 heavy (non-hydrogen) atoms. The largest absolute Gasteiger partial charge is 0.480 e. The zero-order valence-electron chi connectivity index (χ0n) is 11.1. The van der Waals surface area contributed by atoms with Crippen molar-refractivity contribution in [2.75, 3.05) is 5.75 Å². The van der Waals surface area contributed by atoms with Crippen molar-refractivity contribution in [3.8, 4) is 6.07 Å². The molecule has 5 nitrogen and oxygen atoms in total. The molecule has 0 fully saturated rings. The summed E-state index contributed by atoms with van der Waals surface area (Å²) >= 11 is 1.57. The predicted molar refractivity (Wildman–Crippen MR) is 77.2 cm³/mol. The highest BCUT2D eigenvalue weighted by Gasteiger charge is 2.17. The Morgan fingerprint density at radius 2 is 2.25 bits per heavy atom. The second-order valence-electron chi connectivity index (χ2n) is 4.24. The van der Waals surface area contributed by atoms with Crippen LogP contribution in [0.3, 0.4) is 0 Å². The number of carboxylic acids is 1. The molecule has 0 aromatic heterocycles. The van der Waals surface area contributed by atoms with Gasteiger partial charge in [-0.25, -0.2) is 4.79 Å². The quantitative estimate of drug-likeness (QED) is 0.747. The Balaban J connectivity index is 2.38. The summed E-state index contributed by atoms with van der Waals surface area (Å²) in [4.78, 5) is 21.8. The summed E-state index contributed by atoms with van der Waals surface area (Å²) in [6.45, 7) is 1.30. The number of rotatable bonds is 7. The highest BCUT2D eigenvalue weighted by Crippen LogP contribution is 2.15. The monoisotopic (exact) mass is 292 g/mol. The summed E-state index contributed by atoms with van der Waals surface area (Å²) in [6.07, 6.45) is 0.373. The van der Waals surface area contributed by atoms with Crippen molar-refractivity contribution in [1.82, 2.24) is 5.32 Å². The van der Waals surface area contributed by atoms with Gasteiger partial charge in [0.1, 0.15) is 6.04 Å². The van der Waals surface area contributed by atoms with Crippen molar-refractivity contribution in [2.24, 2.45) is 0 Å². The Kier molecular flexibility index (Phi) is 6.60. The van der Waals surface area contributed by atoms with Gasteiger partial charge in [-0.15, -0.1) is 0 Å². The summed E-state index contributed by atoms with van der Waals surface area (Å²) in [6, 6.07) is 8.54. The molecule has 0 aliphatic carbocycles. The fourth-order valence-corrected chi connectivity index (χ4v) is 2.59. The standard InChI is InChI=1S/C14H16N2O3S/c1-10(17)16-13(14(18)19)5-6-20-9-12-4-2-3-11(7-12)8-15/h2-4,7,13H,5-6,9H2,1H3,(H,16,17)(H,18,19). The van der Waals surface area contributed by atoms with E-state index in [9.17, 15) is 9.59 Å². The van der Waals surface area contributed by atoms with Gasteiger partial charge in [-0.3, -0.25) is 4.79 Å². The summed E-state index contributed by atoms with van der Waals surface area (Å²) in [7, 11) is 0. The number of nitrogens with zero attached hydrogens (tertiary/aromatic N) is 1. The molecular weight excluding hydrogens is 276 g/mol. The number of aliphatic carboxylic acids is 1. The highest BCUT2D eigenvalue weighted by molar-refractivity contribution is 7.98. The van der Waals surface area contributed by atoms with E-state index >= 15 is 0 Å². The minimum absolute atomic E-state index is 0.343. The number of benzene rings is 1. The molecule has 1 rings (SSSR count). The summed E-state index contributed by atoms with van der Waals surface area (Å²) < 4.78 is 0. The van der Waals surface area contributed by atoms with Crippen LogP contribution in [0.5, 0.6) is 0 Å². The molecule has 6 heteroatoms. The van der Waals surface area contributed by atoms with Gasteiger partial charge in [0.05, 0.1) is 11.6 Å². The fraction of sp³-hybridized carbons (Fsp3) is 0.357. The van der Waals surface area contributed by atoms with E-state index in [1.54, 1.807) is 17.8 Å². The molecule has 0 saturated carbocycles. The third kappa shape index (κ3) is 5.76. The zero-order valence-corrected chi connectivity index (χ0v) is 11.9. The Morgan fingerprint density at radius 1 is 1.50 bits per heavy atom. The van der Waals surface area contributed by atoms with E-state index < -0.39 is 12.0 Å². The summed E-state index contributed by atoms with van der Waals surface area (Å²) in [5.74, 6) is -0.0351. The lowest BCUT2D eigenvalue weighted by atomic mass is 10.2. The first-order valence-corrected chi connectivity index (χ1v) is 7.25. The number of carbonyl (C=O) groups excluding carboxylic acids is 1. The molecule has 1 aromatic carbocycles. The van der Waals surface area contributed by atoms with Crippen LogP contribution in [-0.4, -0.2) is 28.8 Å². The first-order valence-electron chi connectivity index (χ1n) is 6.09.